The summed E-state index contributed by atoms with van der Waals surface area (Å²) in [5, 5.41) is 3.49. The van der Waals surface area contributed by atoms with Gasteiger partial charge in [0.15, 0.2) is 0 Å². The van der Waals surface area contributed by atoms with Crippen LogP contribution in [0.2, 0.25) is 5.02 Å². The highest BCUT2D eigenvalue weighted by atomic mass is 35.5. The van der Waals surface area contributed by atoms with Crippen molar-refractivity contribution in [1.82, 2.24) is 10.3 Å². The predicted molar refractivity (Wildman–Crippen MR) is 81.9 cm³/mol. The summed E-state index contributed by atoms with van der Waals surface area (Å²) in [6.45, 7) is 4.80. The van der Waals surface area contributed by atoms with Crippen LogP contribution >= 0.6 is 11.6 Å². The third-order valence-corrected chi connectivity index (χ3v) is 3.15. The number of rotatable bonds is 4. The number of aromatic nitrogens is 1. The number of nitrogens with zero attached hydrogens (tertiary/aromatic N) is 1. The van der Waals surface area contributed by atoms with E-state index in [0.717, 1.165) is 11.3 Å². The van der Waals surface area contributed by atoms with E-state index in [4.69, 9.17) is 11.6 Å². The maximum atomic E-state index is 11.9. The SMILES string of the molecule is CC(C)CNC(=O)c1ccc(-c2ncccc2Cl)cc1. The number of hydrogen-bond donors (Lipinski definition) is 1. The van der Waals surface area contributed by atoms with E-state index in [1.807, 2.05) is 12.1 Å². The monoisotopic (exact) mass is 288 g/mol. The summed E-state index contributed by atoms with van der Waals surface area (Å²) in [6, 6.07) is 10.9. The van der Waals surface area contributed by atoms with Crippen molar-refractivity contribution in [1.29, 1.82) is 0 Å². The summed E-state index contributed by atoms with van der Waals surface area (Å²) in [4.78, 5) is 16.2. The number of hydrogen-bond acceptors (Lipinski definition) is 2. The van der Waals surface area contributed by atoms with E-state index in [2.05, 4.69) is 24.1 Å². The first-order valence-electron chi connectivity index (χ1n) is 6.57. The Labute approximate surface area is 124 Å². The molecule has 0 aliphatic rings. The summed E-state index contributed by atoms with van der Waals surface area (Å²) in [7, 11) is 0. The zero-order valence-electron chi connectivity index (χ0n) is 11.6. The van der Waals surface area contributed by atoms with Crippen LogP contribution in [-0.4, -0.2) is 17.4 Å². The minimum atomic E-state index is -0.0580. The molecule has 4 heteroatoms. The molecule has 2 rings (SSSR count). The molecule has 1 N–H and O–H groups in total. The van der Waals surface area contributed by atoms with Crippen LogP contribution < -0.4 is 5.32 Å². The molecule has 0 unspecified atom stereocenters. The summed E-state index contributed by atoms with van der Waals surface area (Å²) < 4.78 is 0. The number of amides is 1. The maximum Gasteiger partial charge on any atom is 0.251 e. The second-order valence-electron chi connectivity index (χ2n) is 5.02. The Kier molecular flexibility index (Phi) is 4.74. The summed E-state index contributed by atoms with van der Waals surface area (Å²) >= 11 is 6.10. The molecule has 0 fully saturated rings. The van der Waals surface area contributed by atoms with Crippen LogP contribution in [0, 0.1) is 5.92 Å². The van der Waals surface area contributed by atoms with Crippen molar-refractivity contribution in [2.24, 2.45) is 5.92 Å². The number of carbonyl (C=O) groups excluding carboxylic acids is 1. The van der Waals surface area contributed by atoms with Crippen molar-refractivity contribution in [3.63, 3.8) is 0 Å². The van der Waals surface area contributed by atoms with Gasteiger partial charge in [-0.2, -0.15) is 0 Å². The molecule has 1 amide bonds. The molecule has 0 atom stereocenters. The molecule has 0 bridgehead atoms. The first kappa shape index (κ1) is 14.5. The van der Waals surface area contributed by atoms with E-state index in [1.54, 1.807) is 30.5 Å². The minimum Gasteiger partial charge on any atom is -0.352 e. The van der Waals surface area contributed by atoms with Gasteiger partial charge in [0.05, 0.1) is 10.7 Å². The first-order chi connectivity index (χ1) is 9.58. The molecular formula is C16H17ClN2O. The van der Waals surface area contributed by atoms with Gasteiger partial charge in [-0.25, -0.2) is 0 Å². The first-order valence-corrected chi connectivity index (χ1v) is 6.95. The van der Waals surface area contributed by atoms with Crippen LogP contribution in [0.25, 0.3) is 11.3 Å². The molecule has 104 valence electrons. The summed E-state index contributed by atoms with van der Waals surface area (Å²) in [5.74, 6) is 0.378. The molecule has 0 saturated heterocycles. The summed E-state index contributed by atoms with van der Waals surface area (Å²) in [5.41, 5.74) is 2.26. The number of pyridine rings is 1. The lowest BCUT2D eigenvalue weighted by Gasteiger charge is -2.08. The molecule has 0 radical (unpaired) electrons. The normalized spacial score (nSPS) is 10.6. The number of halogens is 1. The predicted octanol–water partition coefficient (Wildman–Crippen LogP) is 3.79. The Morgan fingerprint density at radius 1 is 1.25 bits per heavy atom. The van der Waals surface area contributed by atoms with Crippen molar-refractivity contribution in [2.75, 3.05) is 6.54 Å². The van der Waals surface area contributed by atoms with E-state index in [0.29, 0.717) is 23.0 Å². The number of carbonyl (C=O) groups is 1. The van der Waals surface area contributed by atoms with Gasteiger partial charge in [-0.05, 0) is 30.2 Å². The molecule has 1 aromatic carbocycles. The Hall–Kier alpha value is -1.87. The molecule has 0 aliphatic heterocycles. The average Bonchev–Trinajstić information content (AvgIpc) is 2.45. The molecule has 3 nitrogen and oxygen atoms in total. The van der Waals surface area contributed by atoms with Gasteiger partial charge in [-0.3, -0.25) is 9.78 Å². The highest BCUT2D eigenvalue weighted by Crippen LogP contribution is 2.25. The van der Waals surface area contributed by atoms with Crippen LogP contribution in [-0.2, 0) is 0 Å². The number of benzene rings is 1. The van der Waals surface area contributed by atoms with Crippen molar-refractivity contribution in [3.05, 3.63) is 53.2 Å². The standard InChI is InChI=1S/C16H17ClN2O/c1-11(2)10-19-16(20)13-7-5-12(6-8-13)15-14(17)4-3-9-18-15/h3-9,11H,10H2,1-2H3,(H,19,20). The van der Waals surface area contributed by atoms with Gasteiger partial charge in [0.1, 0.15) is 0 Å². The van der Waals surface area contributed by atoms with Gasteiger partial charge >= 0.3 is 0 Å². The highest BCUT2D eigenvalue weighted by Gasteiger charge is 2.08. The maximum absolute atomic E-state index is 11.9. The Balaban J connectivity index is 2.14. The highest BCUT2D eigenvalue weighted by molar-refractivity contribution is 6.33. The molecule has 0 saturated carbocycles. The van der Waals surface area contributed by atoms with Crippen molar-refractivity contribution in [3.8, 4) is 11.3 Å². The van der Waals surface area contributed by atoms with Gasteiger partial charge in [0.25, 0.3) is 5.91 Å². The lowest BCUT2D eigenvalue weighted by Crippen LogP contribution is -2.27. The quantitative estimate of drug-likeness (QED) is 0.930. The van der Waals surface area contributed by atoms with Crippen LogP contribution in [0.5, 0.6) is 0 Å². The molecule has 0 aliphatic carbocycles. The van der Waals surface area contributed by atoms with Crippen LogP contribution in [0.15, 0.2) is 42.6 Å². The van der Waals surface area contributed by atoms with Gasteiger partial charge in [0, 0.05) is 23.9 Å². The van der Waals surface area contributed by atoms with E-state index >= 15 is 0 Å². The topological polar surface area (TPSA) is 42.0 Å². The van der Waals surface area contributed by atoms with Gasteiger partial charge < -0.3 is 5.32 Å². The van der Waals surface area contributed by atoms with Crippen molar-refractivity contribution in [2.45, 2.75) is 13.8 Å². The van der Waals surface area contributed by atoms with E-state index < -0.39 is 0 Å². The van der Waals surface area contributed by atoms with Crippen LogP contribution in [0.4, 0.5) is 0 Å². The fourth-order valence-corrected chi connectivity index (χ4v) is 2.01. The van der Waals surface area contributed by atoms with Gasteiger partial charge in [-0.15, -0.1) is 0 Å². The van der Waals surface area contributed by atoms with E-state index in [-0.39, 0.29) is 5.91 Å². The lowest BCUT2D eigenvalue weighted by molar-refractivity contribution is 0.0949. The molecule has 2 aromatic rings. The fraction of sp³-hybridized carbons (Fsp3) is 0.250. The zero-order valence-corrected chi connectivity index (χ0v) is 12.3. The Morgan fingerprint density at radius 3 is 2.55 bits per heavy atom. The number of nitrogens with one attached hydrogen (secondary N) is 1. The third kappa shape index (κ3) is 3.58. The zero-order chi connectivity index (χ0) is 14.5. The fourth-order valence-electron chi connectivity index (χ4n) is 1.78. The molecule has 1 heterocycles. The lowest BCUT2D eigenvalue weighted by atomic mass is 10.1. The molecule has 1 aromatic heterocycles. The molecule has 20 heavy (non-hydrogen) atoms. The largest absolute Gasteiger partial charge is 0.352 e. The third-order valence-electron chi connectivity index (χ3n) is 2.85. The minimum absolute atomic E-state index is 0.0580. The van der Waals surface area contributed by atoms with Crippen LogP contribution in [0.1, 0.15) is 24.2 Å². The Bertz CT molecular complexity index is 594. The smallest absolute Gasteiger partial charge is 0.251 e. The van der Waals surface area contributed by atoms with Gasteiger partial charge in [0.2, 0.25) is 0 Å². The van der Waals surface area contributed by atoms with Crippen molar-refractivity contribution >= 4 is 17.5 Å². The second kappa shape index (κ2) is 6.53. The van der Waals surface area contributed by atoms with E-state index in [1.165, 1.54) is 0 Å². The van der Waals surface area contributed by atoms with Crippen LogP contribution in [0.3, 0.4) is 0 Å². The van der Waals surface area contributed by atoms with Crippen molar-refractivity contribution < 1.29 is 4.79 Å². The Morgan fingerprint density at radius 2 is 1.95 bits per heavy atom. The molecular weight excluding hydrogens is 272 g/mol. The van der Waals surface area contributed by atoms with E-state index in [9.17, 15) is 4.79 Å². The summed E-state index contributed by atoms with van der Waals surface area (Å²) in [6.07, 6.45) is 1.70. The molecule has 0 spiro atoms. The van der Waals surface area contributed by atoms with Gasteiger partial charge in [-0.1, -0.05) is 37.6 Å². The second-order valence-corrected chi connectivity index (χ2v) is 5.42. The average molecular weight is 289 g/mol.